The zero-order valence-electron chi connectivity index (χ0n) is 16.1. The van der Waals surface area contributed by atoms with Crippen molar-refractivity contribution >= 4 is 33.3 Å². The normalized spacial score (nSPS) is 16.3. The van der Waals surface area contributed by atoms with E-state index in [1.807, 2.05) is 0 Å². The predicted octanol–water partition coefficient (Wildman–Crippen LogP) is 2.74. The van der Waals surface area contributed by atoms with Gasteiger partial charge in [0, 0.05) is 18.5 Å². The summed E-state index contributed by atoms with van der Waals surface area (Å²) in [6, 6.07) is 11.7. The van der Waals surface area contributed by atoms with Crippen molar-refractivity contribution in [2.75, 3.05) is 11.0 Å². The van der Waals surface area contributed by atoms with Gasteiger partial charge in [-0.15, -0.1) is 0 Å². The molecular formula is C20H20FN3O5S. The van der Waals surface area contributed by atoms with E-state index in [1.54, 1.807) is 36.4 Å². The Bertz CT molecular complexity index is 1080. The van der Waals surface area contributed by atoms with Crippen LogP contribution in [-0.2, 0) is 19.6 Å². The van der Waals surface area contributed by atoms with Crippen molar-refractivity contribution in [1.29, 1.82) is 0 Å². The van der Waals surface area contributed by atoms with Crippen LogP contribution in [0.2, 0.25) is 0 Å². The number of aliphatic carboxylic acids is 1. The number of hydrazone groups is 1. The van der Waals surface area contributed by atoms with Gasteiger partial charge in [0.15, 0.2) is 0 Å². The summed E-state index contributed by atoms with van der Waals surface area (Å²) in [7, 11) is -3.40. The molecule has 3 rings (SSSR count). The van der Waals surface area contributed by atoms with Gasteiger partial charge in [0.25, 0.3) is 0 Å². The maximum atomic E-state index is 13.3. The van der Waals surface area contributed by atoms with Gasteiger partial charge >= 0.3 is 5.97 Å². The fourth-order valence-electron chi connectivity index (χ4n) is 3.13. The topological polar surface area (TPSA) is 116 Å². The average molecular weight is 433 g/mol. The molecule has 30 heavy (non-hydrogen) atoms. The molecule has 0 spiro atoms. The average Bonchev–Trinajstić information content (AvgIpc) is 3.11. The van der Waals surface area contributed by atoms with E-state index >= 15 is 0 Å². The molecule has 8 nitrogen and oxygen atoms in total. The van der Waals surface area contributed by atoms with Crippen LogP contribution in [0, 0.1) is 5.82 Å². The lowest BCUT2D eigenvalue weighted by atomic mass is 9.98. The Morgan fingerprint density at radius 1 is 1.13 bits per heavy atom. The number of carbonyl (C=O) groups excluding carboxylic acids is 1. The summed E-state index contributed by atoms with van der Waals surface area (Å²) in [5.74, 6) is -1.94. The number of benzene rings is 2. The third-order valence-electron chi connectivity index (χ3n) is 4.49. The van der Waals surface area contributed by atoms with Gasteiger partial charge in [0.1, 0.15) is 5.82 Å². The summed E-state index contributed by atoms with van der Waals surface area (Å²) < 4.78 is 38.4. The minimum atomic E-state index is -3.40. The smallest absolute Gasteiger partial charge is 0.303 e. The molecule has 0 bridgehead atoms. The highest BCUT2D eigenvalue weighted by atomic mass is 32.2. The predicted molar refractivity (Wildman–Crippen MR) is 109 cm³/mol. The van der Waals surface area contributed by atoms with Crippen LogP contribution in [0.5, 0.6) is 0 Å². The number of carbonyl (C=O) groups is 2. The van der Waals surface area contributed by atoms with Crippen LogP contribution in [0.3, 0.4) is 0 Å². The second-order valence-electron chi connectivity index (χ2n) is 6.90. The second-order valence-corrected chi connectivity index (χ2v) is 8.65. The van der Waals surface area contributed by atoms with E-state index < -0.39 is 33.8 Å². The van der Waals surface area contributed by atoms with Crippen molar-refractivity contribution in [2.45, 2.75) is 25.3 Å². The molecule has 1 aliphatic rings. The van der Waals surface area contributed by atoms with Crippen LogP contribution < -0.4 is 4.72 Å². The van der Waals surface area contributed by atoms with Gasteiger partial charge < -0.3 is 5.11 Å². The minimum absolute atomic E-state index is 0.207. The number of hydrogen-bond acceptors (Lipinski definition) is 5. The molecule has 0 radical (unpaired) electrons. The molecule has 0 fully saturated rings. The fourth-order valence-corrected chi connectivity index (χ4v) is 3.70. The Morgan fingerprint density at radius 3 is 2.33 bits per heavy atom. The summed E-state index contributed by atoms with van der Waals surface area (Å²) >= 11 is 0. The van der Waals surface area contributed by atoms with E-state index in [0.29, 0.717) is 28.9 Å². The molecule has 158 valence electrons. The molecule has 2 aromatic rings. The Balaban J connectivity index is 1.87. The summed E-state index contributed by atoms with van der Waals surface area (Å²) in [6.07, 6.45) is 0.877. The Morgan fingerprint density at radius 2 is 1.77 bits per heavy atom. The number of nitrogens with one attached hydrogen (secondary N) is 1. The van der Waals surface area contributed by atoms with E-state index in [0.717, 1.165) is 6.26 Å². The number of halogens is 1. The number of rotatable bonds is 7. The number of anilines is 1. The molecule has 0 saturated carbocycles. The van der Waals surface area contributed by atoms with Crippen molar-refractivity contribution in [2.24, 2.45) is 5.10 Å². The Labute approximate surface area is 173 Å². The van der Waals surface area contributed by atoms with Gasteiger partial charge in [-0.25, -0.2) is 17.8 Å². The van der Waals surface area contributed by atoms with Crippen LogP contribution in [0.25, 0.3) is 0 Å². The van der Waals surface area contributed by atoms with E-state index in [9.17, 15) is 22.4 Å². The number of carboxylic acid groups (broad SMARTS) is 1. The van der Waals surface area contributed by atoms with Gasteiger partial charge in [0.05, 0.1) is 24.4 Å². The lowest BCUT2D eigenvalue weighted by molar-refractivity contribution is -0.141. The highest BCUT2D eigenvalue weighted by Gasteiger charge is 2.33. The van der Waals surface area contributed by atoms with Crippen molar-refractivity contribution in [3.8, 4) is 0 Å². The second kappa shape index (κ2) is 8.62. The Kier molecular flexibility index (Phi) is 6.16. The highest BCUT2D eigenvalue weighted by Crippen LogP contribution is 2.33. The van der Waals surface area contributed by atoms with Crippen LogP contribution in [0.15, 0.2) is 53.6 Å². The van der Waals surface area contributed by atoms with Crippen molar-refractivity contribution < 1.29 is 27.5 Å². The number of carboxylic acids is 1. The third-order valence-corrected chi connectivity index (χ3v) is 5.10. The molecule has 1 amide bonds. The molecule has 1 aliphatic heterocycles. The van der Waals surface area contributed by atoms with Crippen molar-refractivity contribution in [1.82, 2.24) is 5.01 Å². The molecule has 0 aliphatic carbocycles. The molecule has 2 N–H and O–H groups in total. The molecule has 2 aromatic carbocycles. The first-order valence-electron chi connectivity index (χ1n) is 9.07. The maximum absolute atomic E-state index is 13.3. The van der Waals surface area contributed by atoms with Crippen LogP contribution in [-0.4, -0.2) is 42.4 Å². The molecule has 0 unspecified atom stereocenters. The molecule has 1 atom stereocenters. The van der Waals surface area contributed by atoms with E-state index in [2.05, 4.69) is 9.82 Å². The first kappa shape index (κ1) is 21.4. The Hall–Kier alpha value is -3.27. The lowest BCUT2D eigenvalue weighted by Crippen LogP contribution is -2.27. The fraction of sp³-hybridized carbons (Fsp3) is 0.250. The van der Waals surface area contributed by atoms with Gasteiger partial charge in [-0.2, -0.15) is 5.10 Å². The minimum Gasteiger partial charge on any atom is -0.481 e. The quantitative estimate of drug-likeness (QED) is 0.697. The standard InChI is InChI=1S/C20H20FN3O5S/c1-30(28,29)23-16-8-4-13(5-9-16)17-12-18(14-2-6-15(21)7-3-14)24(22-17)19(25)10-11-20(26)27/h2-9,18,23H,10-12H2,1H3,(H,26,27)/t18-/m1/s1. The summed E-state index contributed by atoms with van der Waals surface area (Å²) in [4.78, 5) is 23.4. The lowest BCUT2D eigenvalue weighted by Gasteiger charge is -2.21. The number of hydrogen-bond donors (Lipinski definition) is 2. The van der Waals surface area contributed by atoms with E-state index in [1.165, 1.54) is 17.1 Å². The zero-order chi connectivity index (χ0) is 21.9. The van der Waals surface area contributed by atoms with Gasteiger partial charge in [-0.3, -0.25) is 14.3 Å². The van der Waals surface area contributed by atoms with Crippen LogP contribution in [0.4, 0.5) is 10.1 Å². The molecule has 0 aromatic heterocycles. The monoisotopic (exact) mass is 433 g/mol. The summed E-state index contributed by atoms with van der Waals surface area (Å²) in [5, 5.41) is 14.5. The molecule has 10 heteroatoms. The number of sulfonamides is 1. The first-order valence-corrected chi connectivity index (χ1v) is 11.0. The summed E-state index contributed by atoms with van der Waals surface area (Å²) in [6.45, 7) is 0. The highest BCUT2D eigenvalue weighted by molar-refractivity contribution is 7.92. The van der Waals surface area contributed by atoms with Gasteiger partial charge in [-0.1, -0.05) is 24.3 Å². The van der Waals surface area contributed by atoms with E-state index in [-0.39, 0.29) is 12.8 Å². The third kappa shape index (κ3) is 5.41. The SMILES string of the molecule is CS(=O)(=O)Nc1ccc(C2=NN(C(=O)CCC(=O)O)[C@@H](c3ccc(F)cc3)C2)cc1. The zero-order valence-corrected chi connectivity index (χ0v) is 16.9. The van der Waals surface area contributed by atoms with Crippen molar-refractivity contribution in [3.63, 3.8) is 0 Å². The van der Waals surface area contributed by atoms with Crippen LogP contribution in [0.1, 0.15) is 36.4 Å². The van der Waals surface area contributed by atoms with Gasteiger partial charge in [-0.05, 0) is 35.4 Å². The molecule has 0 saturated heterocycles. The first-order chi connectivity index (χ1) is 14.1. The largest absolute Gasteiger partial charge is 0.481 e. The number of amides is 1. The molecular weight excluding hydrogens is 413 g/mol. The van der Waals surface area contributed by atoms with Crippen molar-refractivity contribution in [3.05, 3.63) is 65.5 Å². The van der Waals surface area contributed by atoms with Gasteiger partial charge in [0.2, 0.25) is 15.9 Å². The van der Waals surface area contributed by atoms with E-state index in [4.69, 9.17) is 5.11 Å². The van der Waals surface area contributed by atoms with Crippen LogP contribution >= 0.6 is 0 Å². The molecule has 1 heterocycles. The number of nitrogens with zero attached hydrogens (tertiary/aromatic N) is 2. The summed E-state index contributed by atoms with van der Waals surface area (Å²) in [5.41, 5.74) is 2.34. The maximum Gasteiger partial charge on any atom is 0.303 e.